The molecule has 4 rings (SSSR count). The minimum atomic E-state index is 0.181. The summed E-state index contributed by atoms with van der Waals surface area (Å²) in [7, 11) is 0. The molecule has 1 aliphatic rings. The van der Waals surface area contributed by atoms with E-state index in [4.69, 9.17) is 4.42 Å². The summed E-state index contributed by atoms with van der Waals surface area (Å²) < 4.78 is 7.56. The first-order chi connectivity index (χ1) is 13.8. The van der Waals surface area contributed by atoms with Crippen molar-refractivity contribution in [1.82, 2.24) is 19.7 Å². The van der Waals surface area contributed by atoms with Gasteiger partial charge in [-0.3, -0.25) is 9.36 Å². The van der Waals surface area contributed by atoms with Crippen LogP contribution in [-0.2, 0) is 11.3 Å². The van der Waals surface area contributed by atoms with Gasteiger partial charge in [0.1, 0.15) is 0 Å². The molecule has 1 fully saturated rings. The standard InChI is InChI=1S/C21H24N4O2S/c26-19(24-12-6-1-2-7-13-24)16-28-21-23-22-20(18-11-8-14-27-18)25(21)15-17-9-4-3-5-10-17/h3-5,8-11,14H,1-2,6-7,12-13,15-16H2. The summed E-state index contributed by atoms with van der Waals surface area (Å²) in [5, 5.41) is 9.42. The maximum Gasteiger partial charge on any atom is 0.233 e. The fraction of sp³-hybridized carbons (Fsp3) is 0.381. The van der Waals surface area contributed by atoms with Gasteiger partial charge < -0.3 is 9.32 Å². The first-order valence-electron chi connectivity index (χ1n) is 9.73. The summed E-state index contributed by atoms with van der Waals surface area (Å²) in [4.78, 5) is 14.6. The van der Waals surface area contributed by atoms with E-state index in [1.165, 1.54) is 24.6 Å². The van der Waals surface area contributed by atoms with E-state index in [1.54, 1.807) is 6.26 Å². The van der Waals surface area contributed by atoms with E-state index in [0.717, 1.165) is 36.7 Å². The fourth-order valence-corrected chi connectivity index (χ4v) is 4.27. The van der Waals surface area contributed by atoms with Crippen LogP contribution in [-0.4, -0.2) is 44.4 Å². The van der Waals surface area contributed by atoms with Crippen molar-refractivity contribution >= 4 is 17.7 Å². The largest absolute Gasteiger partial charge is 0.461 e. The number of likely N-dealkylation sites (tertiary alicyclic amines) is 1. The zero-order chi connectivity index (χ0) is 19.2. The topological polar surface area (TPSA) is 64.2 Å². The van der Waals surface area contributed by atoms with Crippen molar-refractivity contribution in [3.63, 3.8) is 0 Å². The lowest BCUT2D eigenvalue weighted by atomic mass is 10.2. The van der Waals surface area contributed by atoms with E-state index >= 15 is 0 Å². The molecule has 3 aromatic rings. The molecule has 1 amide bonds. The quantitative estimate of drug-likeness (QED) is 0.588. The number of benzene rings is 1. The Bertz CT molecular complexity index is 885. The van der Waals surface area contributed by atoms with Gasteiger partial charge in [0.15, 0.2) is 10.9 Å². The van der Waals surface area contributed by atoms with Crippen LogP contribution < -0.4 is 0 Å². The third-order valence-electron chi connectivity index (χ3n) is 4.93. The predicted molar refractivity (Wildman–Crippen MR) is 109 cm³/mol. The van der Waals surface area contributed by atoms with Gasteiger partial charge in [0.05, 0.1) is 18.6 Å². The first-order valence-corrected chi connectivity index (χ1v) is 10.7. The van der Waals surface area contributed by atoms with Gasteiger partial charge in [-0.05, 0) is 30.5 Å². The van der Waals surface area contributed by atoms with E-state index in [2.05, 4.69) is 22.3 Å². The number of carbonyl (C=O) groups is 1. The lowest BCUT2D eigenvalue weighted by molar-refractivity contribution is -0.128. The zero-order valence-corrected chi connectivity index (χ0v) is 16.6. The molecule has 6 nitrogen and oxygen atoms in total. The number of furan rings is 1. The summed E-state index contributed by atoms with van der Waals surface area (Å²) in [6, 6.07) is 13.9. The second-order valence-electron chi connectivity index (χ2n) is 6.94. The molecule has 0 N–H and O–H groups in total. The number of thioether (sulfide) groups is 1. The Hall–Kier alpha value is -2.54. The van der Waals surface area contributed by atoms with E-state index < -0.39 is 0 Å². The highest BCUT2D eigenvalue weighted by molar-refractivity contribution is 7.99. The molecule has 0 unspecified atom stereocenters. The minimum Gasteiger partial charge on any atom is -0.461 e. The van der Waals surface area contributed by atoms with Gasteiger partial charge in [-0.1, -0.05) is 54.9 Å². The summed E-state index contributed by atoms with van der Waals surface area (Å²) in [6.07, 6.45) is 6.27. The average molecular weight is 397 g/mol. The molecule has 1 aliphatic heterocycles. The number of hydrogen-bond acceptors (Lipinski definition) is 5. The minimum absolute atomic E-state index is 0.181. The van der Waals surface area contributed by atoms with E-state index in [1.807, 2.05) is 39.8 Å². The molecule has 0 atom stereocenters. The molecule has 1 saturated heterocycles. The van der Waals surface area contributed by atoms with Crippen LogP contribution in [0, 0.1) is 0 Å². The van der Waals surface area contributed by atoms with Gasteiger partial charge in [-0.2, -0.15) is 0 Å². The summed E-state index contributed by atoms with van der Waals surface area (Å²) >= 11 is 1.45. The average Bonchev–Trinajstić information content (AvgIpc) is 3.30. The predicted octanol–water partition coefficient (Wildman–Crippen LogP) is 4.08. The number of nitrogens with zero attached hydrogens (tertiary/aromatic N) is 4. The highest BCUT2D eigenvalue weighted by atomic mass is 32.2. The molecule has 146 valence electrons. The fourth-order valence-electron chi connectivity index (χ4n) is 3.43. The molecule has 3 heterocycles. The summed E-state index contributed by atoms with van der Waals surface area (Å²) in [6.45, 7) is 2.37. The molecule has 0 saturated carbocycles. The highest BCUT2D eigenvalue weighted by Crippen LogP contribution is 2.26. The molecule has 7 heteroatoms. The maximum atomic E-state index is 12.7. The molecular weight excluding hydrogens is 372 g/mol. The Morgan fingerprint density at radius 1 is 1.00 bits per heavy atom. The van der Waals surface area contributed by atoms with Crippen LogP contribution in [0.5, 0.6) is 0 Å². The third-order valence-corrected chi connectivity index (χ3v) is 5.88. The van der Waals surface area contributed by atoms with Gasteiger partial charge in [-0.25, -0.2) is 0 Å². The first kappa shape index (κ1) is 18.8. The van der Waals surface area contributed by atoms with E-state index in [-0.39, 0.29) is 5.91 Å². The smallest absolute Gasteiger partial charge is 0.233 e. The van der Waals surface area contributed by atoms with Crippen LogP contribution >= 0.6 is 11.8 Å². The number of rotatable bonds is 6. The molecule has 0 radical (unpaired) electrons. The lowest BCUT2D eigenvalue weighted by Gasteiger charge is -2.19. The van der Waals surface area contributed by atoms with Gasteiger partial charge in [0, 0.05) is 13.1 Å². The van der Waals surface area contributed by atoms with E-state index in [9.17, 15) is 4.79 Å². The molecule has 28 heavy (non-hydrogen) atoms. The SMILES string of the molecule is O=C(CSc1nnc(-c2ccco2)n1Cc1ccccc1)N1CCCCCC1. The number of carbonyl (C=O) groups excluding carboxylic acids is 1. The van der Waals surface area contributed by atoms with Gasteiger partial charge in [0.25, 0.3) is 0 Å². The van der Waals surface area contributed by atoms with Crippen molar-refractivity contribution in [3.8, 4) is 11.6 Å². The van der Waals surface area contributed by atoms with Crippen molar-refractivity contribution in [2.24, 2.45) is 0 Å². The molecular formula is C21H24N4O2S. The van der Waals surface area contributed by atoms with Crippen LogP contribution in [0.25, 0.3) is 11.6 Å². The number of amides is 1. The normalized spacial score (nSPS) is 14.8. The van der Waals surface area contributed by atoms with E-state index in [0.29, 0.717) is 23.9 Å². The van der Waals surface area contributed by atoms with Crippen molar-refractivity contribution in [2.75, 3.05) is 18.8 Å². The van der Waals surface area contributed by atoms with Crippen molar-refractivity contribution in [3.05, 3.63) is 54.3 Å². The molecule has 0 aliphatic carbocycles. The van der Waals surface area contributed by atoms with Crippen LogP contribution in [0.15, 0.2) is 58.3 Å². The Morgan fingerprint density at radius 3 is 2.50 bits per heavy atom. The molecule has 0 bridgehead atoms. The van der Waals surface area contributed by atoms with Gasteiger partial charge in [-0.15, -0.1) is 10.2 Å². The van der Waals surface area contributed by atoms with Crippen LogP contribution in [0.3, 0.4) is 0 Å². The Labute approximate surface area is 168 Å². The molecule has 2 aromatic heterocycles. The van der Waals surface area contributed by atoms with Crippen LogP contribution in [0.2, 0.25) is 0 Å². The Balaban J connectivity index is 1.52. The van der Waals surface area contributed by atoms with Gasteiger partial charge >= 0.3 is 0 Å². The summed E-state index contributed by atoms with van der Waals surface area (Å²) in [5.41, 5.74) is 1.15. The maximum absolute atomic E-state index is 12.7. The third kappa shape index (κ3) is 4.47. The summed E-state index contributed by atoms with van der Waals surface area (Å²) in [5.74, 6) is 1.92. The number of hydrogen-bond donors (Lipinski definition) is 0. The van der Waals surface area contributed by atoms with Crippen LogP contribution in [0.1, 0.15) is 31.2 Å². The zero-order valence-electron chi connectivity index (χ0n) is 15.8. The van der Waals surface area contributed by atoms with Gasteiger partial charge in [0.2, 0.25) is 11.7 Å². The number of aromatic nitrogens is 3. The monoisotopic (exact) mass is 396 g/mol. The van der Waals surface area contributed by atoms with Crippen LogP contribution in [0.4, 0.5) is 0 Å². The molecule has 0 spiro atoms. The Kier molecular flexibility index (Phi) is 6.11. The molecule has 1 aromatic carbocycles. The second kappa shape index (κ2) is 9.10. The lowest BCUT2D eigenvalue weighted by Crippen LogP contribution is -2.33. The van der Waals surface area contributed by atoms with Crippen molar-refractivity contribution in [1.29, 1.82) is 0 Å². The Morgan fingerprint density at radius 2 is 1.79 bits per heavy atom. The van der Waals surface area contributed by atoms with Crippen molar-refractivity contribution in [2.45, 2.75) is 37.4 Å². The highest BCUT2D eigenvalue weighted by Gasteiger charge is 2.20. The second-order valence-corrected chi connectivity index (χ2v) is 7.88. The van der Waals surface area contributed by atoms with Crippen molar-refractivity contribution < 1.29 is 9.21 Å².